The molecule has 3 atom stereocenters. The molecule has 0 bridgehead atoms. The van der Waals surface area contributed by atoms with Crippen LogP contribution in [0.5, 0.6) is 0 Å². The van der Waals surface area contributed by atoms with Gasteiger partial charge in [0.15, 0.2) is 0 Å². The molecule has 2 aliphatic rings. The van der Waals surface area contributed by atoms with Crippen LogP contribution in [0.3, 0.4) is 0 Å². The molecule has 0 radical (unpaired) electrons. The second kappa shape index (κ2) is 10.2. The summed E-state index contributed by atoms with van der Waals surface area (Å²) in [7, 11) is 3.65. The van der Waals surface area contributed by atoms with Crippen molar-refractivity contribution in [1.82, 2.24) is 4.90 Å². The van der Waals surface area contributed by atoms with E-state index in [9.17, 15) is 9.18 Å². The lowest BCUT2D eigenvalue weighted by atomic mass is 9.81. The molecule has 3 nitrogen and oxygen atoms in total. The van der Waals surface area contributed by atoms with E-state index in [1.54, 1.807) is 18.1 Å². The zero-order valence-corrected chi connectivity index (χ0v) is 20.1. The van der Waals surface area contributed by atoms with Gasteiger partial charge in [-0.3, -0.25) is 4.79 Å². The maximum Gasteiger partial charge on any atom is 0.227 e. The lowest BCUT2D eigenvalue weighted by molar-refractivity contribution is -0.129. The molecular weight excluding hydrogens is 445 g/mol. The molecular formula is C25H33BrFNO2. The van der Waals surface area contributed by atoms with E-state index >= 15 is 0 Å². The first kappa shape index (κ1) is 23.2. The monoisotopic (exact) mass is 477 g/mol. The fraction of sp³-hybridized carbons (Fsp3) is 0.560. The van der Waals surface area contributed by atoms with Crippen LogP contribution in [0.15, 0.2) is 34.5 Å². The molecule has 164 valence electrons. The lowest BCUT2D eigenvalue weighted by Gasteiger charge is -2.23. The average molecular weight is 478 g/mol. The fourth-order valence-corrected chi connectivity index (χ4v) is 5.22. The number of allylic oxidation sites excluding steroid dienone is 3. The Balaban J connectivity index is 2.08. The van der Waals surface area contributed by atoms with Crippen LogP contribution in [0.25, 0.3) is 5.57 Å². The quantitative estimate of drug-likeness (QED) is 0.458. The summed E-state index contributed by atoms with van der Waals surface area (Å²) in [5.41, 5.74) is 4.00. The smallest absolute Gasteiger partial charge is 0.227 e. The molecule has 30 heavy (non-hydrogen) atoms. The number of halogens is 2. The van der Waals surface area contributed by atoms with Gasteiger partial charge in [0.05, 0.1) is 10.6 Å². The number of rotatable bonds is 6. The average Bonchev–Trinajstić information content (AvgIpc) is 3.16. The summed E-state index contributed by atoms with van der Waals surface area (Å²) in [5.74, 6) is 0.653. The van der Waals surface area contributed by atoms with Gasteiger partial charge in [-0.1, -0.05) is 19.4 Å². The number of methoxy groups -OCH3 is 1. The molecule has 1 aromatic carbocycles. The minimum Gasteiger partial charge on any atom is -0.381 e. The van der Waals surface area contributed by atoms with Crippen molar-refractivity contribution < 1.29 is 13.9 Å². The van der Waals surface area contributed by atoms with Gasteiger partial charge in [-0.25, -0.2) is 4.39 Å². The first-order valence-electron chi connectivity index (χ1n) is 11.0. The molecule has 1 aromatic rings. The fourth-order valence-electron chi connectivity index (χ4n) is 4.88. The SMILES string of the molecule is CCCC=CC1=C(c2cc(Br)c(F)cc2C)CC(C2CCC(OC)C2)CC(=O)N1C. The lowest BCUT2D eigenvalue weighted by Crippen LogP contribution is -2.26. The number of hydrogen-bond donors (Lipinski definition) is 0. The second-order valence-electron chi connectivity index (χ2n) is 8.69. The van der Waals surface area contributed by atoms with Gasteiger partial charge in [0.25, 0.3) is 0 Å². The Morgan fingerprint density at radius 1 is 1.27 bits per heavy atom. The van der Waals surface area contributed by atoms with Crippen molar-refractivity contribution in [2.45, 2.75) is 64.9 Å². The predicted molar refractivity (Wildman–Crippen MR) is 123 cm³/mol. The summed E-state index contributed by atoms with van der Waals surface area (Å²) >= 11 is 3.36. The van der Waals surface area contributed by atoms with E-state index in [-0.39, 0.29) is 17.6 Å². The van der Waals surface area contributed by atoms with Gasteiger partial charge in [-0.05, 0) is 102 Å². The number of nitrogens with zero attached hydrogens (tertiary/aromatic N) is 1. The maximum atomic E-state index is 14.1. The van der Waals surface area contributed by atoms with Crippen molar-refractivity contribution in [3.8, 4) is 0 Å². The third-order valence-corrected chi connectivity index (χ3v) is 7.30. The third kappa shape index (κ3) is 5.05. The van der Waals surface area contributed by atoms with Crippen LogP contribution >= 0.6 is 15.9 Å². The number of carbonyl (C=O) groups excluding carboxylic acids is 1. The summed E-state index contributed by atoms with van der Waals surface area (Å²) in [6.07, 6.45) is 11.1. The third-order valence-electron chi connectivity index (χ3n) is 6.70. The summed E-state index contributed by atoms with van der Waals surface area (Å²) in [5, 5.41) is 0. The molecule has 1 heterocycles. The number of likely N-dealkylation sites (N-methyl/N-ethyl adjacent to an activating group) is 1. The Labute approximate surface area is 188 Å². The van der Waals surface area contributed by atoms with E-state index in [0.717, 1.165) is 60.9 Å². The Morgan fingerprint density at radius 2 is 2.03 bits per heavy atom. The van der Waals surface area contributed by atoms with Crippen molar-refractivity contribution in [3.63, 3.8) is 0 Å². The molecule has 0 spiro atoms. The minimum atomic E-state index is -0.256. The zero-order chi connectivity index (χ0) is 21.8. The van der Waals surface area contributed by atoms with E-state index in [1.165, 1.54) is 0 Å². The number of benzene rings is 1. The summed E-state index contributed by atoms with van der Waals surface area (Å²) in [4.78, 5) is 14.9. The van der Waals surface area contributed by atoms with E-state index in [0.29, 0.717) is 22.9 Å². The van der Waals surface area contributed by atoms with Gasteiger partial charge in [0.2, 0.25) is 5.91 Å². The molecule has 0 saturated heterocycles. The maximum absolute atomic E-state index is 14.1. The van der Waals surface area contributed by atoms with Gasteiger partial charge in [-0.2, -0.15) is 0 Å². The van der Waals surface area contributed by atoms with Crippen molar-refractivity contribution in [3.05, 3.63) is 51.4 Å². The Hall–Kier alpha value is -1.46. The summed E-state index contributed by atoms with van der Waals surface area (Å²) < 4.78 is 20.2. The Morgan fingerprint density at radius 3 is 2.70 bits per heavy atom. The zero-order valence-electron chi connectivity index (χ0n) is 18.5. The van der Waals surface area contributed by atoms with Crippen LogP contribution < -0.4 is 0 Å². The number of hydrogen-bond acceptors (Lipinski definition) is 2. The van der Waals surface area contributed by atoms with Crippen molar-refractivity contribution in [2.75, 3.05) is 14.2 Å². The summed E-state index contributed by atoms with van der Waals surface area (Å²) in [6.45, 7) is 4.09. The molecule has 1 fully saturated rings. The van der Waals surface area contributed by atoms with E-state index < -0.39 is 0 Å². The molecule has 1 aliphatic heterocycles. The number of carbonyl (C=O) groups is 1. The van der Waals surface area contributed by atoms with Crippen LogP contribution in [0.4, 0.5) is 4.39 Å². The van der Waals surface area contributed by atoms with Crippen LogP contribution in [0, 0.1) is 24.6 Å². The first-order valence-corrected chi connectivity index (χ1v) is 11.8. The Bertz CT molecular complexity index is 848. The largest absolute Gasteiger partial charge is 0.381 e. The van der Waals surface area contributed by atoms with Crippen LogP contribution in [0.1, 0.15) is 63.0 Å². The van der Waals surface area contributed by atoms with E-state index in [1.807, 2.05) is 20.0 Å². The van der Waals surface area contributed by atoms with Crippen LogP contribution in [0.2, 0.25) is 0 Å². The minimum absolute atomic E-state index is 0.158. The second-order valence-corrected chi connectivity index (χ2v) is 9.54. The normalized spacial score (nSPS) is 25.5. The van der Waals surface area contributed by atoms with Crippen LogP contribution in [-0.4, -0.2) is 31.1 Å². The highest BCUT2D eigenvalue weighted by Gasteiger charge is 2.36. The predicted octanol–water partition coefficient (Wildman–Crippen LogP) is 6.65. The molecule has 1 amide bonds. The summed E-state index contributed by atoms with van der Waals surface area (Å²) in [6, 6.07) is 3.46. The highest BCUT2D eigenvalue weighted by molar-refractivity contribution is 9.10. The van der Waals surface area contributed by atoms with Crippen molar-refractivity contribution in [2.24, 2.45) is 11.8 Å². The topological polar surface area (TPSA) is 29.5 Å². The van der Waals surface area contributed by atoms with Gasteiger partial charge in [-0.15, -0.1) is 0 Å². The number of ether oxygens (including phenoxy) is 1. The first-order chi connectivity index (χ1) is 14.3. The van der Waals surface area contributed by atoms with Gasteiger partial charge in [0.1, 0.15) is 5.82 Å². The van der Waals surface area contributed by atoms with Crippen LogP contribution in [-0.2, 0) is 9.53 Å². The number of aryl methyl sites for hydroxylation is 1. The standard InChI is InChI=1S/C25H33BrFNO2/c1-5-6-7-8-24-21(20-15-22(26)23(27)11-16(20)2)13-18(14-25(29)28(24)3)17-9-10-19(12-17)30-4/h7-8,11,15,17-19H,5-6,9-10,12-14H2,1-4H3. The van der Waals surface area contributed by atoms with Gasteiger partial charge >= 0.3 is 0 Å². The highest BCUT2D eigenvalue weighted by atomic mass is 79.9. The van der Waals surface area contributed by atoms with E-state index in [4.69, 9.17) is 4.74 Å². The van der Waals surface area contributed by atoms with Gasteiger partial charge < -0.3 is 9.64 Å². The van der Waals surface area contributed by atoms with Crippen molar-refractivity contribution >= 4 is 27.4 Å². The Kier molecular flexibility index (Phi) is 7.92. The van der Waals surface area contributed by atoms with E-state index in [2.05, 4.69) is 35.0 Å². The molecule has 0 N–H and O–H groups in total. The molecule has 3 unspecified atom stereocenters. The molecule has 0 aromatic heterocycles. The number of unbranched alkanes of at least 4 members (excludes halogenated alkanes) is 1. The van der Waals surface area contributed by atoms with Gasteiger partial charge in [0, 0.05) is 26.3 Å². The molecule has 1 saturated carbocycles. The molecule has 3 rings (SSSR count). The molecule has 1 aliphatic carbocycles. The van der Waals surface area contributed by atoms with Crippen molar-refractivity contribution in [1.29, 1.82) is 0 Å². The number of amides is 1. The highest BCUT2D eigenvalue weighted by Crippen LogP contribution is 2.43. The molecule has 5 heteroatoms.